The van der Waals surface area contributed by atoms with Gasteiger partial charge >= 0.3 is 13.3 Å². The van der Waals surface area contributed by atoms with Crippen molar-refractivity contribution in [2.45, 2.75) is 6.42 Å². The molecule has 1 aliphatic carbocycles. The molecule has 4 N–H and O–H groups in total. The number of hydrogen-bond acceptors (Lipinski definition) is 4. The smallest absolute Gasteiger partial charge is 0.353 e. The Morgan fingerprint density at radius 3 is 2.94 bits per heavy atom. The third-order valence-electron chi connectivity index (χ3n) is 2.46. The van der Waals surface area contributed by atoms with E-state index >= 15 is 0 Å². The van der Waals surface area contributed by atoms with Crippen LogP contribution in [-0.2, 0) is 4.57 Å². The Morgan fingerprint density at radius 2 is 2.35 bits per heavy atom. The van der Waals surface area contributed by atoms with Crippen LogP contribution in [0.25, 0.3) is 6.20 Å². The summed E-state index contributed by atoms with van der Waals surface area (Å²) in [4.78, 5) is 32.5. The van der Waals surface area contributed by atoms with Gasteiger partial charge in [0.05, 0.1) is 6.16 Å². The van der Waals surface area contributed by atoms with Crippen LogP contribution in [0.2, 0.25) is 0 Å². The van der Waals surface area contributed by atoms with Crippen LogP contribution in [0.3, 0.4) is 0 Å². The van der Waals surface area contributed by atoms with Crippen molar-refractivity contribution in [3.8, 4) is 0 Å². The molecule has 0 amide bonds. The largest absolute Gasteiger partial charge is 0.383 e. The number of allylic oxidation sites excluding steroid dienone is 1. The Hall–Kier alpha value is -1.43. The number of nitrogen functional groups attached to an aromatic ring is 1. The summed E-state index contributed by atoms with van der Waals surface area (Å²) in [6.45, 7) is 0. The van der Waals surface area contributed by atoms with Crippen LogP contribution in [-0.4, -0.2) is 25.5 Å². The molecule has 1 fully saturated rings. The van der Waals surface area contributed by atoms with E-state index < -0.39 is 13.3 Å². The van der Waals surface area contributed by atoms with Gasteiger partial charge in [0.15, 0.2) is 0 Å². The van der Waals surface area contributed by atoms with Crippen LogP contribution in [0, 0.1) is 5.92 Å². The van der Waals surface area contributed by atoms with E-state index in [4.69, 9.17) is 15.5 Å². The second-order valence-corrected chi connectivity index (χ2v) is 5.69. The molecule has 1 saturated carbocycles. The first-order valence-corrected chi connectivity index (χ1v) is 6.75. The van der Waals surface area contributed by atoms with E-state index in [9.17, 15) is 9.36 Å². The molecule has 2 rings (SSSR count). The Bertz CT molecular complexity index is 574. The summed E-state index contributed by atoms with van der Waals surface area (Å²) in [5.41, 5.74) is 5.67. The number of aromatic nitrogens is 2. The molecular formula is C9H12N3O4P. The first-order valence-electron chi connectivity index (χ1n) is 4.95. The third kappa shape index (κ3) is 3.26. The predicted molar refractivity (Wildman–Crippen MR) is 62.2 cm³/mol. The van der Waals surface area contributed by atoms with Crippen molar-refractivity contribution in [3.05, 3.63) is 28.3 Å². The van der Waals surface area contributed by atoms with Crippen LogP contribution in [0.4, 0.5) is 5.82 Å². The second-order valence-electron chi connectivity index (χ2n) is 3.99. The number of rotatable bonds is 3. The molecule has 1 heterocycles. The first kappa shape index (κ1) is 12.0. The maximum Gasteiger partial charge on any atom is 0.353 e. The summed E-state index contributed by atoms with van der Waals surface area (Å²) in [7, 11) is -3.98. The number of hydrogen-bond donors (Lipinski definition) is 3. The fraction of sp³-hybridized carbons (Fsp3) is 0.333. The van der Waals surface area contributed by atoms with Gasteiger partial charge in [0.25, 0.3) is 0 Å². The summed E-state index contributed by atoms with van der Waals surface area (Å²) in [5, 5.41) is 0. The predicted octanol–water partition coefficient (Wildman–Crippen LogP) is -0.136. The minimum absolute atomic E-state index is 0.139. The van der Waals surface area contributed by atoms with Gasteiger partial charge in [-0.2, -0.15) is 4.98 Å². The molecule has 0 radical (unpaired) electrons. The molecule has 1 aromatic rings. The highest BCUT2D eigenvalue weighted by Crippen LogP contribution is 2.49. The lowest BCUT2D eigenvalue weighted by Gasteiger charge is -2.00. The summed E-state index contributed by atoms with van der Waals surface area (Å²) in [6.07, 6.45) is 3.46. The molecule has 17 heavy (non-hydrogen) atoms. The van der Waals surface area contributed by atoms with Crippen LogP contribution >= 0.6 is 7.60 Å². The number of nitrogens with two attached hydrogens (primary N) is 1. The Labute approximate surface area is 96.8 Å². The molecule has 1 aliphatic rings. The van der Waals surface area contributed by atoms with Gasteiger partial charge in [0.2, 0.25) is 0 Å². The third-order valence-corrected chi connectivity index (χ3v) is 3.38. The van der Waals surface area contributed by atoms with Gasteiger partial charge in [-0.15, -0.1) is 0 Å². The summed E-state index contributed by atoms with van der Waals surface area (Å²) >= 11 is 0. The van der Waals surface area contributed by atoms with Gasteiger partial charge in [-0.3, -0.25) is 9.13 Å². The molecule has 1 unspecified atom stereocenters. The second kappa shape index (κ2) is 4.10. The normalized spacial score (nSPS) is 21.8. The lowest BCUT2D eigenvalue weighted by molar-refractivity contribution is 0.371. The molecule has 92 valence electrons. The van der Waals surface area contributed by atoms with E-state index in [-0.39, 0.29) is 17.9 Å². The molecule has 1 atom stereocenters. The van der Waals surface area contributed by atoms with Crippen molar-refractivity contribution in [1.29, 1.82) is 0 Å². The summed E-state index contributed by atoms with van der Waals surface area (Å²) in [5.74, 6) is 0.00695. The van der Waals surface area contributed by atoms with E-state index in [0.29, 0.717) is 6.42 Å². The van der Waals surface area contributed by atoms with Crippen molar-refractivity contribution in [1.82, 2.24) is 9.55 Å². The van der Waals surface area contributed by atoms with Crippen LogP contribution in [0.15, 0.2) is 22.6 Å². The molecule has 8 heteroatoms. The molecular weight excluding hydrogens is 245 g/mol. The average Bonchev–Trinajstić information content (AvgIpc) is 2.86. The SMILES string of the molecule is Nc1ccn(/C=C2/CC2CP(=O)(O)O)c(=O)n1. The van der Waals surface area contributed by atoms with Crippen molar-refractivity contribution in [2.75, 3.05) is 11.9 Å². The van der Waals surface area contributed by atoms with Crippen LogP contribution < -0.4 is 11.4 Å². The van der Waals surface area contributed by atoms with E-state index in [1.165, 1.54) is 16.8 Å². The minimum atomic E-state index is -3.98. The van der Waals surface area contributed by atoms with Crippen molar-refractivity contribution >= 4 is 19.6 Å². The summed E-state index contributed by atoms with van der Waals surface area (Å²) < 4.78 is 12.0. The average molecular weight is 257 g/mol. The molecule has 0 aliphatic heterocycles. The quantitative estimate of drug-likeness (QED) is 0.649. The van der Waals surface area contributed by atoms with Crippen molar-refractivity contribution in [2.24, 2.45) is 5.92 Å². The molecule has 0 saturated heterocycles. The zero-order valence-electron chi connectivity index (χ0n) is 8.85. The fourth-order valence-electron chi connectivity index (χ4n) is 1.56. The van der Waals surface area contributed by atoms with Crippen molar-refractivity contribution in [3.63, 3.8) is 0 Å². The van der Waals surface area contributed by atoms with E-state index in [1.807, 2.05) is 0 Å². The van der Waals surface area contributed by atoms with Crippen molar-refractivity contribution < 1.29 is 14.4 Å². The van der Waals surface area contributed by atoms with E-state index in [1.54, 1.807) is 6.20 Å². The zero-order valence-corrected chi connectivity index (χ0v) is 9.75. The highest BCUT2D eigenvalue weighted by molar-refractivity contribution is 7.51. The van der Waals surface area contributed by atoms with Gasteiger partial charge in [-0.25, -0.2) is 4.79 Å². The van der Waals surface area contributed by atoms with Gasteiger partial charge in [-0.05, 0) is 24.0 Å². The molecule has 0 bridgehead atoms. The van der Waals surface area contributed by atoms with E-state index in [0.717, 1.165) is 5.57 Å². The minimum Gasteiger partial charge on any atom is -0.383 e. The Kier molecular flexibility index (Phi) is 2.91. The lowest BCUT2D eigenvalue weighted by Crippen LogP contribution is -2.19. The number of nitrogens with zero attached hydrogens (tertiary/aromatic N) is 2. The van der Waals surface area contributed by atoms with E-state index in [2.05, 4.69) is 4.98 Å². The maximum absolute atomic E-state index is 11.4. The molecule has 1 aromatic heterocycles. The molecule has 7 nitrogen and oxygen atoms in total. The highest BCUT2D eigenvalue weighted by atomic mass is 31.2. The Balaban J connectivity index is 2.13. The standard InChI is InChI=1S/C9H12N3O4P/c10-8-1-2-12(9(13)11-8)4-6-3-7(6)5-17(14,15)16/h1-2,4,7H,3,5H2,(H2,10,11,13)(H2,14,15,16)/b6-4-. The zero-order chi connectivity index (χ0) is 12.6. The fourth-order valence-corrected chi connectivity index (χ4v) is 2.49. The van der Waals surface area contributed by atoms with Gasteiger partial charge in [0.1, 0.15) is 5.82 Å². The van der Waals surface area contributed by atoms with Gasteiger partial charge in [-0.1, -0.05) is 0 Å². The molecule has 0 spiro atoms. The van der Waals surface area contributed by atoms with Gasteiger partial charge in [0, 0.05) is 12.4 Å². The lowest BCUT2D eigenvalue weighted by atomic mass is 10.4. The Morgan fingerprint density at radius 1 is 1.65 bits per heavy atom. The number of anilines is 1. The monoisotopic (exact) mass is 257 g/mol. The van der Waals surface area contributed by atoms with Crippen LogP contribution in [0.5, 0.6) is 0 Å². The highest BCUT2D eigenvalue weighted by Gasteiger charge is 2.35. The maximum atomic E-state index is 11.4. The first-order chi connectivity index (χ1) is 7.85. The molecule has 0 aromatic carbocycles. The summed E-state index contributed by atoms with van der Waals surface area (Å²) in [6, 6.07) is 1.48. The van der Waals surface area contributed by atoms with Gasteiger partial charge < -0.3 is 15.5 Å². The van der Waals surface area contributed by atoms with Crippen LogP contribution in [0.1, 0.15) is 6.42 Å². The topological polar surface area (TPSA) is 118 Å².